The van der Waals surface area contributed by atoms with Gasteiger partial charge in [-0.2, -0.15) is 0 Å². The van der Waals surface area contributed by atoms with Crippen LogP contribution >= 0.6 is 23.5 Å². The third-order valence-corrected chi connectivity index (χ3v) is 6.06. The number of aromatic carboxylic acids is 1. The van der Waals surface area contributed by atoms with Crippen molar-refractivity contribution in [2.24, 2.45) is 5.92 Å². The highest BCUT2D eigenvalue weighted by atomic mass is 32.2. The van der Waals surface area contributed by atoms with Crippen molar-refractivity contribution in [2.45, 2.75) is 30.8 Å². The molecule has 0 saturated heterocycles. The smallest absolute Gasteiger partial charge is 0.335 e. The minimum atomic E-state index is -0.906. The van der Waals surface area contributed by atoms with Gasteiger partial charge in [0.15, 0.2) is 5.82 Å². The summed E-state index contributed by atoms with van der Waals surface area (Å²) in [5.74, 6) is 0.557. The molecule has 124 valence electrons. The predicted octanol–water partition coefficient (Wildman–Crippen LogP) is 3.46. The zero-order valence-corrected chi connectivity index (χ0v) is 14.8. The SMILES string of the molecule is CC(C)Cc1nnc2n1N1C(=CSC1c1ccc(C(=O)O)cc1)S2. The number of fused-ring (bicyclic) bond motifs is 3. The minimum Gasteiger partial charge on any atom is -0.478 e. The summed E-state index contributed by atoms with van der Waals surface area (Å²) in [6.07, 6.45) is 0.868. The first-order valence-corrected chi connectivity index (χ1v) is 9.41. The zero-order valence-electron chi connectivity index (χ0n) is 13.2. The highest BCUT2D eigenvalue weighted by Gasteiger charge is 2.39. The van der Waals surface area contributed by atoms with E-state index in [1.165, 1.54) is 0 Å². The molecule has 3 heterocycles. The van der Waals surface area contributed by atoms with Gasteiger partial charge in [-0.25, -0.2) is 9.47 Å². The fourth-order valence-corrected chi connectivity index (χ4v) is 5.04. The Balaban J connectivity index is 1.68. The molecule has 0 saturated carbocycles. The van der Waals surface area contributed by atoms with Gasteiger partial charge >= 0.3 is 5.97 Å². The first-order chi connectivity index (χ1) is 11.5. The lowest BCUT2D eigenvalue weighted by molar-refractivity contribution is 0.0697. The van der Waals surface area contributed by atoms with Crippen LogP contribution in [0, 0.1) is 5.92 Å². The molecular weight excluding hydrogens is 344 g/mol. The third-order valence-electron chi connectivity index (χ3n) is 3.87. The van der Waals surface area contributed by atoms with Gasteiger partial charge in [-0.05, 0) is 35.4 Å². The molecule has 1 aromatic carbocycles. The second kappa shape index (κ2) is 5.86. The number of rotatable bonds is 4. The molecule has 2 aliphatic heterocycles. The first kappa shape index (κ1) is 15.6. The van der Waals surface area contributed by atoms with Gasteiger partial charge in [0.05, 0.1) is 5.56 Å². The van der Waals surface area contributed by atoms with Gasteiger partial charge in [-0.3, -0.25) is 5.01 Å². The number of thioether (sulfide) groups is 2. The number of benzene rings is 1. The molecule has 0 fully saturated rings. The number of carboxylic acid groups (broad SMARTS) is 1. The summed E-state index contributed by atoms with van der Waals surface area (Å²) in [7, 11) is 0. The molecule has 1 aromatic heterocycles. The van der Waals surface area contributed by atoms with E-state index in [0.29, 0.717) is 11.5 Å². The van der Waals surface area contributed by atoms with Crippen molar-refractivity contribution < 1.29 is 9.90 Å². The lowest BCUT2D eigenvalue weighted by atomic mass is 10.1. The quantitative estimate of drug-likeness (QED) is 0.895. The summed E-state index contributed by atoms with van der Waals surface area (Å²) in [5, 5.41) is 24.1. The van der Waals surface area contributed by atoms with E-state index >= 15 is 0 Å². The number of hydrogen-bond acceptors (Lipinski definition) is 6. The van der Waals surface area contributed by atoms with Crippen LogP contribution in [0.3, 0.4) is 0 Å². The van der Waals surface area contributed by atoms with Crippen LogP contribution in [0.2, 0.25) is 0 Å². The summed E-state index contributed by atoms with van der Waals surface area (Å²) in [6, 6.07) is 7.07. The molecular formula is C16H16N4O2S2. The van der Waals surface area contributed by atoms with E-state index in [-0.39, 0.29) is 5.37 Å². The van der Waals surface area contributed by atoms with Crippen molar-refractivity contribution in [3.63, 3.8) is 0 Å². The molecule has 6 nitrogen and oxygen atoms in total. The third kappa shape index (κ3) is 2.50. The van der Waals surface area contributed by atoms with Gasteiger partial charge in [0.2, 0.25) is 5.16 Å². The van der Waals surface area contributed by atoms with Gasteiger partial charge in [0.1, 0.15) is 10.4 Å². The maximum absolute atomic E-state index is 11.0. The maximum atomic E-state index is 11.0. The Morgan fingerprint density at radius 2 is 2.04 bits per heavy atom. The highest BCUT2D eigenvalue weighted by Crippen LogP contribution is 2.51. The van der Waals surface area contributed by atoms with Crippen LogP contribution in [0.15, 0.2) is 39.9 Å². The average Bonchev–Trinajstić information content (AvgIpc) is 3.19. The Morgan fingerprint density at radius 3 is 2.71 bits per heavy atom. The Kier molecular flexibility index (Phi) is 3.80. The molecule has 24 heavy (non-hydrogen) atoms. The largest absolute Gasteiger partial charge is 0.478 e. The number of carbonyl (C=O) groups is 1. The summed E-state index contributed by atoms with van der Waals surface area (Å²) in [6.45, 7) is 4.34. The molecule has 0 radical (unpaired) electrons. The molecule has 2 aromatic rings. The van der Waals surface area contributed by atoms with Crippen LogP contribution in [-0.4, -0.2) is 25.9 Å². The standard InChI is InChI=1S/C16H16N4O2S2/c1-9(2)7-12-17-18-16-19(12)20-13(24-16)8-23-14(20)10-3-5-11(6-4-10)15(21)22/h3-6,8-9,14H,7H2,1-2H3,(H,21,22). The van der Waals surface area contributed by atoms with Crippen LogP contribution < -0.4 is 5.01 Å². The molecule has 1 unspecified atom stereocenters. The molecule has 2 aliphatic rings. The topological polar surface area (TPSA) is 71.2 Å². The van der Waals surface area contributed by atoms with Crippen LogP contribution in [0.5, 0.6) is 0 Å². The Bertz CT molecular complexity index is 829. The Morgan fingerprint density at radius 1 is 1.29 bits per heavy atom. The van der Waals surface area contributed by atoms with Crippen LogP contribution in [0.1, 0.15) is 41.0 Å². The summed E-state index contributed by atoms with van der Waals surface area (Å²) in [5.41, 5.74) is 1.37. The fourth-order valence-electron chi connectivity index (χ4n) is 2.80. The molecule has 0 aliphatic carbocycles. The van der Waals surface area contributed by atoms with Gasteiger partial charge in [0.25, 0.3) is 0 Å². The maximum Gasteiger partial charge on any atom is 0.335 e. The Hall–Kier alpha value is -1.93. The lowest BCUT2D eigenvalue weighted by Crippen LogP contribution is -2.31. The van der Waals surface area contributed by atoms with E-state index in [4.69, 9.17) is 5.11 Å². The van der Waals surface area contributed by atoms with Crippen molar-refractivity contribution in [3.8, 4) is 0 Å². The average molecular weight is 360 g/mol. The molecule has 1 atom stereocenters. The summed E-state index contributed by atoms with van der Waals surface area (Å²) >= 11 is 3.34. The van der Waals surface area contributed by atoms with E-state index < -0.39 is 5.97 Å². The molecule has 0 spiro atoms. The number of hydrogen-bond donors (Lipinski definition) is 1. The molecule has 8 heteroatoms. The normalized spacial score (nSPS) is 18.7. The van der Waals surface area contributed by atoms with E-state index in [2.05, 4.69) is 39.1 Å². The van der Waals surface area contributed by atoms with Crippen molar-refractivity contribution in [2.75, 3.05) is 5.01 Å². The second-order valence-corrected chi connectivity index (χ2v) is 8.07. The second-order valence-electron chi connectivity index (χ2n) is 6.13. The predicted molar refractivity (Wildman–Crippen MR) is 94.5 cm³/mol. The molecule has 4 rings (SSSR count). The number of aromatic nitrogens is 3. The summed E-state index contributed by atoms with van der Waals surface area (Å²) in [4.78, 5) is 11.0. The monoisotopic (exact) mass is 360 g/mol. The van der Waals surface area contributed by atoms with E-state index in [0.717, 1.165) is 28.0 Å². The van der Waals surface area contributed by atoms with Gasteiger partial charge in [-0.15, -0.1) is 10.2 Å². The van der Waals surface area contributed by atoms with Crippen molar-refractivity contribution >= 4 is 29.5 Å². The first-order valence-electron chi connectivity index (χ1n) is 7.65. The molecule has 0 bridgehead atoms. The van der Waals surface area contributed by atoms with E-state index in [1.54, 1.807) is 35.7 Å². The highest BCUT2D eigenvalue weighted by molar-refractivity contribution is 8.07. The number of carboxylic acids is 1. The van der Waals surface area contributed by atoms with Crippen molar-refractivity contribution in [1.82, 2.24) is 14.9 Å². The zero-order chi connectivity index (χ0) is 16.8. The fraction of sp³-hybridized carbons (Fsp3) is 0.312. The van der Waals surface area contributed by atoms with E-state index in [1.807, 2.05) is 12.1 Å². The van der Waals surface area contributed by atoms with Crippen molar-refractivity contribution in [1.29, 1.82) is 0 Å². The van der Waals surface area contributed by atoms with Crippen LogP contribution in [0.4, 0.5) is 0 Å². The minimum absolute atomic E-state index is 0.0681. The van der Waals surface area contributed by atoms with E-state index in [9.17, 15) is 4.79 Å². The van der Waals surface area contributed by atoms with Crippen molar-refractivity contribution in [3.05, 3.63) is 51.7 Å². The van der Waals surface area contributed by atoms with Crippen LogP contribution in [-0.2, 0) is 6.42 Å². The summed E-state index contributed by atoms with van der Waals surface area (Å²) < 4.78 is 2.10. The van der Waals surface area contributed by atoms with Gasteiger partial charge < -0.3 is 5.11 Å². The lowest BCUT2D eigenvalue weighted by Gasteiger charge is -2.26. The van der Waals surface area contributed by atoms with Crippen LogP contribution in [0.25, 0.3) is 0 Å². The van der Waals surface area contributed by atoms with Gasteiger partial charge in [-0.1, -0.05) is 37.7 Å². The number of nitrogens with zero attached hydrogens (tertiary/aromatic N) is 4. The Labute approximate surface area is 147 Å². The molecule has 1 N–H and O–H groups in total. The van der Waals surface area contributed by atoms with Gasteiger partial charge in [0, 0.05) is 11.8 Å². The molecule has 0 amide bonds.